The van der Waals surface area contributed by atoms with Gasteiger partial charge in [-0.3, -0.25) is 14.9 Å². The quantitative estimate of drug-likeness (QED) is 0.435. The zero-order valence-corrected chi connectivity index (χ0v) is 7.34. The maximum Gasteiger partial charge on any atom is 0.338 e. The Morgan fingerprint density at radius 3 is 2.67 bits per heavy atom. The van der Waals surface area contributed by atoms with Crippen molar-refractivity contribution in [2.24, 2.45) is 0 Å². The highest BCUT2D eigenvalue weighted by Gasteiger charge is 2.20. The van der Waals surface area contributed by atoms with Gasteiger partial charge in [0.15, 0.2) is 0 Å². The number of hydrogen-bond donors (Lipinski definition) is 2. The number of amides is 1. The van der Waals surface area contributed by atoms with Crippen molar-refractivity contribution in [1.29, 1.82) is 0 Å². The van der Waals surface area contributed by atoms with Crippen molar-refractivity contribution in [3.8, 4) is 0 Å². The molecule has 0 aliphatic carbocycles. The number of benzene rings is 1. The van der Waals surface area contributed by atoms with Gasteiger partial charge in [0.05, 0.1) is 10.5 Å². The molecule has 78 valence electrons. The molecule has 0 bridgehead atoms. The molecule has 0 aliphatic rings. The van der Waals surface area contributed by atoms with E-state index in [-0.39, 0.29) is 17.7 Å². The van der Waals surface area contributed by atoms with Crippen LogP contribution in [-0.2, 0) is 4.79 Å². The van der Waals surface area contributed by atoms with Crippen LogP contribution in [0.3, 0.4) is 0 Å². The second-order valence-corrected chi connectivity index (χ2v) is 2.52. The molecule has 0 atom stereocenters. The van der Waals surface area contributed by atoms with Crippen LogP contribution in [0.15, 0.2) is 18.2 Å². The van der Waals surface area contributed by atoms with Crippen LogP contribution in [0.4, 0.5) is 11.4 Å². The number of nitro groups is 1. The molecule has 0 heterocycles. The van der Waals surface area contributed by atoms with Gasteiger partial charge in [0.2, 0.25) is 6.41 Å². The van der Waals surface area contributed by atoms with Gasteiger partial charge < -0.3 is 10.4 Å². The third kappa shape index (κ3) is 2.08. The van der Waals surface area contributed by atoms with E-state index in [1.165, 1.54) is 12.1 Å². The van der Waals surface area contributed by atoms with Crippen molar-refractivity contribution < 1.29 is 19.6 Å². The average molecular weight is 210 g/mol. The average Bonchev–Trinajstić information content (AvgIpc) is 2.17. The largest absolute Gasteiger partial charge is 0.478 e. The number of carboxylic acid groups (broad SMARTS) is 1. The number of nitrogens with zero attached hydrogens (tertiary/aromatic N) is 1. The number of hydrogen-bond acceptors (Lipinski definition) is 4. The smallest absolute Gasteiger partial charge is 0.338 e. The third-order valence-electron chi connectivity index (χ3n) is 1.67. The summed E-state index contributed by atoms with van der Waals surface area (Å²) in [5.41, 5.74) is -1.09. The number of nitrogens with one attached hydrogen (secondary N) is 1. The topological polar surface area (TPSA) is 110 Å². The summed E-state index contributed by atoms with van der Waals surface area (Å²) in [6, 6.07) is 3.51. The number of aromatic carboxylic acids is 1. The molecule has 1 amide bonds. The molecule has 2 N–H and O–H groups in total. The summed E-state index contributed by atoms with van der Waals surface area (Å²) < 4.78 is 0. The molecule has 0 radical (unpaired) electrons. The standard InChI is InChI=1S/C8H6N2O5/c11-4-9-7-5(8(12)13)2-1-3-6(7)10(14)15/h1-4H,(H,9,11)(H,12,13). The van der Waals surface area contributed by atoms with Crippen molar-refractivity contribution in [2.45, 2.75) is 0 Å². The van der Waals surface area contributed by atoms with Crippen LogP contribution in [0, 0.1) is 10.1 Å². The van der Waals surface area contributed by atoms with Crippen LogP contribution in [0.1, 0.15) is 10.4 Å². The molecule has 0 aromatic heterocycles. The number of nitro benzene ring substituents is 1. The van der Waals surface area contributed by atoms with E-state index in [2.05, 4.69) is 0 Å². The number of rotatable bonds is 4. The Morgan fingerprint density at radius 1 is 1.53 bits per heavy atom. The highest BCUT2D eigenvalue weighted by Crippen LogP contribution is 2.27. The van der Waals surface area contributed by atoms with Gasteiger partial charge in [-0.2, -0.15) is 0 Å². The fraction of sp³-hybridized carbons (Fsp3) is 0. The van der Waals surface area contributed by atoms with E-state index >= 15 is 0 Å². The Morgan fingerprint density at radius 2 is 2.20 bits per heavy atom. The molecule has 0 unspecified atom stereocenters. The molecule has 1 aromatic carbocycles. The van der Waals surface area contributed by atoms with E-state index < -0.39 is 16.6 Å². The molecule has 0 saturated carbocycles. The summed E-state index contributed by atoms with van der Waals surface area (Å²) >= 11 is 0. The predicted molar refractivity (Wildman–Crippen MR) is 49.7 cm³/mol. The molecule has 7 nitrogen and oxygen atoms in total. The van der Waals surface area contributed by atoms with Crippen LogP contribution >= 0.6 is 0 Å². The SMILES string of the molecule is O=CNc1c(C(=O)O)cccc1[N+](=O)[O-]. The number of para-hydroxylation sites is 1. The van der Waals surface area contributed by atoms with Crippen molar-refractivity contribution >= 4 is 23.8 Å². The van der Waals surface area contributed by atoms with Gasteiger partial charge >= 0.3 is 5.97 Å². The lowest BCUT2D eigenvalue weighted by molar-refractivity contribution is -0.383. The zero-order chi connectivity index (χ0) is 11.4. The second kappa shape index (κ2) is 4.18. The number of carbonyl (C=O) groups is 2. The summed E-state index contributed by atoms with van der Waals surface area (Å²) in [4.78, 5) is 30.7. The van der Waals surface area contributed by atoms with E-state index in [1.54, 1.807) is 0 Å². The number of anilines is 1. The van der Waals surface area contributed by atoms with E-state index in [9.17, 15) is 19.7 Å². The maximum absolute atomic E-state index is 10.7. The predicted octanol–water partition coefficient (Wildman–Crippen LogP) is 0.861. The first-order valence-corrected chi connectivity index (χ1v) is 3.78. The Hall–Kier alpha value is -2.44. The normalized spacial score (nSPS) is 9.33. The lowest BCUT2D eigenvalue weighted by Crippen LogP contribution is -2.07. The van der Waals surface area contributed by atoms with Gasteiger partial charge in [0.1, 0.15) is 5.69 Å². The van der Waals surface area contributed by atoms with Crippen LogP contribution in [0.25, 0.3) is 0 Å². The minimum Gasteiger partial charge on any atom is -0.478 e. The number of carbonyl (C=O) groups excluding carboxylic acids is 1. The van der Waals surface area contributed by atoms with Crippen LogP contribution in [0.5, 0.6) is 0 Å². The van der Waals surface area contributed by atoms with Crippen LogP contribution < -0.4 is 5.32 Å². The number of carboxylic acids is 1. The molecule has 0 fully saturated rings. The molecular weight excluding hydrogens is 204 g/mol. The van der Waals surface area contributed by atoms with Gasteiger partial charge in [0, 0.05) is 6.07 Å². The molecule has 0 aliphatic heterocycles. The Bertz CT molecular complexity index is 397. The molecule has 7 heteroatoms. The van der Waals surface area contributed by atoms with E-state index in [4.69, 9.17) is 5.11 Å². The summed E-state index contributed by atoms with van der Waals surface area (Å²) in [6.07, 6.45) is 0.189. The molecule has 15 heavy (non-hydrogen) atoms. The monoisotopic (exact) mass is 210 g/mol. The second-order valence-electron chi connectivity index (χ2n) is 2.52. The summed E-state index contributed by atoms with van der Waals surface area (Å²) in [7, 11) is 0. The van der Waals surface area contributed by atoms with E-state index in [1.807, 2.05) is 5.32 Å². The van der Waals surface area contributed by atoms with Gasteiger partial charge in [-0.25, -0.2) is 4.79 Å². The maximum atomic E-state index is 10.7. The minimum atomic E-state index is -1.34. The van der Waals surface area contributed by atoms with Crippen molar-refractivity contribution in [3.63, 3.8) is 0 Å². The Balaban J connectivity index is 3.40. The molecule has 0 spiro atoms. The summed E-state index contributed by atoms with van der Waals surface area (Å²) in [5.74, 6) is -1.34. The van der Waals surface area contributed by atoms with Crippen molar-refractivity contribution in [1.82, 2.24) is 0 Å². The molecular formula is C8H6N2O5. The first kappa shape index (κ1) is 10.6. The fourth-order valence-electron chi connectivity index (χ4n) is 1.08. The Labute approximate surface area is 83.5 Å². The lowest BCUT2D eigenvalue weighted by atomic mass is 10.1. The summed E-state index contributed by atoms with van der Waals surface area (Å²) in [5, 5.41) is 21.3. The zero-order valence-electron chi connectivity index (χ0n) is 7.34. The van der Waals surface area contributed by atoms with Crippen LogP contribution in [0.2, 0.25) is 0 Å². The Kier molecular flexibility index (Phi) is 2.97. The highest BCUT2D eigenvalue weighted by molar-refractivity contribution is 5.99. The molecule has 0 saturated heterocycles. The van der Waals surface area contributed by atoms with Crippen molar-refractivity contribution in [2.75, 3.05) is 5.32 Å². The first-order chi connectivity index (χ1) is 7.07. The minimum absolute atomic E-state index is 0.189. The van der Waals surface area contributed by atoms with Crippen molar-refractivity contribution in [3.05, 3.63) is 33.9 Å². The highest BCUT2D eigenvalue weighted by atomic mass is 16.6. The molecule has 1 aromatic rings. The fourth-order valence-corrected chi connectivity index (χ4v) is 1.08. The summed E-state index contributed by atoms with van der Waals surface area (Å²) in [6.45, 7) is 0. The van der Waals surface area contributed by atoms with E-state index in [0.717, 1.165) is 6.07 Å². The first-order valence-electron chi connectivity index (χ1n) is 3.78. The van der Waals surface area contributed by atoms with Crippen LogP contribution in [-0.4, -0.2) is 22.4 Å². The van der Waals surface area contributed by atoms with E-state index in [0.29, 0.717) is 0 Å². The van der Waals surface area contributed by atoms with Gasteiger partial charge in [0.25, 0.3) is 5.69 Å². The third-order valence-corrected chi connectivity index (χ3v) is 1.67. The van der Waals surface area contributed by atoms with Gasteiger partial charge in [-0.1, -0.05) is 6.07 Å². The molecule has 1 rings (SSSR count). The van der Waals surface area contributed by atoms with Gasteiger partial charge in [-0.15, -0.1) is 0 Å². The lowest BCUT2D eigenvalue weighted by Gasteiger charge is -2.04. The van der Waals surface area contributed by atoms with Gasteiger partial charge in [-0.05, 0) is 6.07 Å².